The third kappa shape index (κ3) is 3.46. The van der Waals surface area contributed by atoms with E-state index in [1.807, 2.05) is 0 Å². The molecule has 0 aliphatic carbocycles. The molecule has 0 amide bonds. The predicted octanol–water partition coefficient (Wildman–Crippen LogP) is 1.49. The molecule has 0 saturated heterocycles. The van der Waals surface area contributed by atoms with Crippen molar-refractivity contribution >= 4 is 5.95 Å². The second kappa shape index (κ2) is 4.90. The molecule has 0 bridgehead atoms. The highest BCUT2D eigenvalue weighted by molar-refractivity contribution is 5.24. The molecular weight excluding hydrogens is 261 g/mol. The lowest BCUT2D eigenvalue weighted by Gasteiger charge is -2.11. The van der Waals surface area contributed by atoms with Gasteiger partial charge < -0.3 is 9.88 Å². The van der Waals surface area contributed by atoms with E-state index in [1.165, 1.54) is 17.1 Å². The van der Waals surface area contributed by atoms with E-state index in [2.05, 4.69) is 20.4 Å². The molecule has 6 nitrogen and oxygen atoms in total. The minimum atomic E-state index is -4.27. The number of anilines is 1. The Kier molecular flexibility index (Phi) is 3.45. The van der Waals surface area contributed by atoms with Crippen molar-refractivity contribution < 1.29 is 13.2 Å². The Morgan fingerprint density at radius 1 is 1.37 bits per heavy atom. The Morgan fingerprint density at radius 3 is 2.68 bits per heavy atom. The van der Waals surface area contributed by atoms with Crippen LogP contribution in [0.2, 0.25) is 0 Å². The first kappa shape index (κ1) is 13.4. The first-order chi connectivity index (χ1) is 8.85. The second-order valence-corrected chi connectivity index (χ2v) is 4.05. The van der Waals surface area contributed by atoms with Crippen LogP contribution in [0.15, 0.2) is 12.4 Å². The van der Waals surface area contributed by atoms with Gasteiger partial charge in [-0.3, -0.25) is 0 Å². The number of alkyl halides is 3. The van der Waals surface area contributed by atoms with Crippen LogP contribution in [-0.4, -0.2) is 30.5 Å². The van der Waals surface area contributed by atoms with Crippen molar-refractivity contribution in [3.63, 3.8) is 0 Å². The average molecular weight is 274 g/mol. The molecule has 19 heavy (non-hydrogen) atoms. The lowest BCUT2D eigenvalue weighted by Crippen LogP contribution is -2.20. The van der Waals surface area contributed by atoms with E-state index >= 15 is 0 Å². The molecule has 0 aliphatic heterocycles. The minimum Gasteiger partial charge on any atom is -0.347 e. The number of nitrogens with one attached hydrogen (secondary N) is 1. The Hall–Kier alpha value is -2.06. The summed E-state index contributed by atoms with van der Waals surface area (Å²) in [5, 5.41) is 6.93. The number of hydrogen-bond acceptors (Lipinski definition) is 4. The van der Waals surface area contributed by atoms with Crippen LogP contribution in [0.4, 0.5) is 19.1 Å². The van der Waals surface area contributed by atoms with Crippen LogP contribution in [-0.2, 0) is 20.1 Å². The largest absolute Gasteiger partial charge is 0.406 e. The van der Waals surface area contributed by atoms with Crippen molar-refractivity contribution in [3.05, 3.63) is 24.0 Å². The van der Waals surface area contributed by atoms with Gasteiger partial charge in [0.05, 0.1) is 6.54 Å². The minimum absolute atomic E-state index is 0.148. The molecule has 0 aromatic carbocycles. The molecule has 2 aromatic rings. The lowest BCUT2D eigenvalue weighted by atomic mass is 10.5. The Labute approximate surface area is 107 Å². The van der Waals surface area contributed by atoms with Gasteiger partial charge in [0.25, 0.3) is 0 Å². The summed E-state index contributed by atoms with van der Waals surface area (Å²) in [6, 6.07) is 0. The fraction of sp³-hybridized carbons (Fsp3) is 0.500. The molecule has 0 spiro atoms. The van der Waals surface area contributed by atoms with Crippen molar-refractivity contribution in [2.75, 3.05) is 5.32 Å². The standard InChI is InChI=1S/C10H13F3N6/c1-7-16-9(18(2)17-7)15-5-8-14-3-4-19(8)6-10(11,12)13/h3-4H,5-6H2,1-2H3,(H,15,16,17). The van der Waals surface area contributed by atoms with E-state index < -0.39 is 12.7 Å². The molecule has 0 atom stereocenters. The van der Waals surface area contributed by atoms with Gasteiger partial charge in [-0.15, -0.1) is 0 Å². The van der Waals surface area contributed by atoms with E-state index in [9.17, 15) is 13.2 Å². The van der Waals surface area contributed by atoms with Gasteiger partial charge in [0.2, 0.25) is 5.95 Å². The quantitative estimate of drug-likeness (QED) is 0.917. The van der Waals surface area contributed by atoms with Crippen LogP contribution < -0.4 is 5.32 Å². The highest BCUT2D eigenvalue weighted by Gasteiger charge is 2.28. The number of nitrogens with zero attached hydrogens (tertiary/aromatic N) is 5. The maximum Gasteiger partial charge on any atom is 0.406 e. The monoisotopic (exact) mass is 274 g/mol. The summed E-state index contributed by atoms with van der Waals surface area (Å²) < 4.78 is 39.6. The zero-order valence-electron chi connectivity index (χ0n) is 10.4. The number of aryl methyl sites for hydroxylation is 2. The molecule has 0 saturated carbocycles. The van der Waals surface area contributed by atoms with Gasteiger partial charge in [0.1, 0.15) is 18.2 Å². The second-order valence-electron chi connectivity index (χ2n) is 4.05. The third-order valence-corrected chi connectivity index (χ3v) is 2.42. The molecule has 1 N–H and O–H groups in total. The average Bonchev–Trinajstić information content (AvgIpc) is 2.80. The predicted molar refractivity (Wildman–Crippen MR) is 61.3 cm³/mol. The van der Waals surface area contributed by atoms with Gasteiger partial charge in [-0.25, -0.2) is 9.67 Å². The van der Waals surface area contributed by atoms with Gasteiger partial charge in [0.15, 0.2) is 0 Å². The summed E-state index contributed by atoms with van der Waals surface area (Å²) in [6.45, 7) is 0.826. The topological polar surface area (TPSA) is 60.6 Å². The molecule has 9 heteroatoms. The highest BCUT2D eigenvalue weighted by Crippen LogP contribution is 2.18. The molecule has 104 valence electrons. The van der Waals surface area contributed by atoms with Gasteiger partial charge in [0, 0.05) is 19.4 Å². The van der Waals surface area contributed by atoms with Crippen molar-refractivity contribution in [2.24, 2.45) is 7.05 Å². The SMILES string of the molecule is Cc1nc(NCc2nccn2CC(F)(F)F)n(C)n1. The molecule has 2 rings (SSSR count). The van der Waals surface area contributed by atoms with E-state index in [4.69, 9.17) is 0 Å². The summed E-state index contributed by atoms with van der Waals surface area (Å²) in [5.41, 5.74) is 0. The summed E-state index contributed by atoms with van der Waals surface area (Å²) in [4.78, 5) is 7.99. The maximum absolute atomic E-state index is 12.3. The molecule has 0 radical (unpaired) electrons. The first-order valence-electron chi connectivity index (χ1n) is 5.53. The fourth-order valence-corrected chi connectivity index (χ4v) is 1.67. The molecule has 2 aromatic heterocycles. The zero-order valence-corrected chi connectivity index (χ0v) is 10.4. The van der Waals surface area contributed by atoms with Crippen LogP contribution in [0, 0.1) is 6.92 Å². The molecule has 0 fully saturated rings. The molecular formula is C10H13F3N6. The summed E-state index contributed by atoms with van der Waals surface area (Å²) in [5.74, 6) is 1.36. The number of rotatable bonds is 4. The Morgan fingerprint density at radius 2 is 2.11 bits per heavy atom. The Balaban J connectivity index is 2.04. The number of aromatic nitrogens is 5. The molecule has 0 aliphatic rings. The van der Waals surface area contributed by atoms with Gasteiger partial charge in [-0.05, 0) is 6.92 Å². The first-order valence-corrected chi connectivity index (χ1v) is 5.53. The summed E-state index contributed by atoms with van der Waals surface area (Å²) in [6.07, 6.45) is -1.63. The maximum atomic E-state index is 12.3. The highest BCUT2D eigenvalue weighted by atomic mass is 19.4. The lowest BCUT2D eigenvalue weighted by molar-refractivity contribution is -0.141. The van der Waals surface area contributed by atoms with E-state index in [-0.39, 0.29) is 12.4 Å². The van der Waals surface area contributed by atoms with Crippen molar-refractivity contribution in [2.45, 2.75) is 26.2 Å². The smallest absolute Gasteiger partial charge is 0.347 e. The van der Waals surface area contributed by atoms with Crippen molar-refractivity contribution in [1.29, 1.82) is 0 Å². The van der Waals surface area contributed by atoms with Crippen LogP contribution in [0.1, 0.15) is 11.6 Å². The summed E-state index contributed by atoms with van der Waals surface area (Å²) >= 11 is 0. The normalized spacial score (nSPS) is 11.8. The van der Waals surface area contributed by atoms with Crippen molar-refractivity contribution in [3.8, 4) is 0 Å². The third-order valence-electron chi connectivity index (χ3n) is 2.42. The van der Waals surface area contributed by atoms with Crippen LogP contribution in [0.5, 0.6) is 0 Å². The van der Waals surface area contributed by atoms with Gasteiger partial charge in [-0.1, -0.05) is 0 Å². The van der Waals surface area contributed by atoms with E-state index in [1.54, 1.807) is 14.0 Å². The number of halogens is 3. The summed E-state index contributed by atoms with van der Waals surface area (Å²) in [7, 11) is 1.70. The Bertz CT molecular complexity index is 556. The van der Waals surface area contributed by atoms with E-state index in [0.717, 1.165) is 4.57 Å². The molecule has 0 unspecified atom stereocenters. The van der Waals surface area contributed by atoms with Crippen LogP contribution >= 0.6 is 0 Å². The van der Waals surface area contributed by atoms with Crippen molar-refractivity contribution in [1.82, 2.24) is 24.3 Å². The van der Waals surface area contributed by atoms with E-state index in [0.29, 0.717) is 11.8 Å². The van der Waals surface area contributed by atoms with Crippen LogP contribution in [0.25, 0.3) is 0 Å². The van der Waals surface area contributed by atoms with Gasteiger partial charge >= 0.3 is 6.18 Å². The van der Waals surface area contributed by atoms with Crippen LogP contribution in [0.3, 0.4) is 0 Å². The zero-order chi connectivity index (χ0) is 14.0. The number of hydrogen-bond donors (Lipinski definition) is 1. The fourth-order valence-electron chi connectivity index (χ4n) is 1.67. The number of imidazole rings is 1. The molecule has 2 heterocycles. The van der Waals surface area contributed by atoms with Gasteiger partial charge in [-0.2, -0.15) is 23.3 Å².